The fourth-order valence-corrected chi connectivity index (χ4v) is 6.80. The Morgan fingerprint density at radius 1 is 0.971 bits per heavy atom. The van der Waals surface area contributed by atoms with Gasteiger partial charge < -0.3 is 15.0 Å². The number of anilines is 2. The number of methoxy groups -OCH3 is 1. The number of halogens is 3. The highest BCUT2D eigenvalue weighted by Gasteiger charge is 2.33. The maximum atomic E-state index is 5.23. The van der Waals surface area contributed by atoms with Gasteiger partial charge in [-0.3, -0.25) is 14.8 Å². The Balaban J connectivity index is 1.40. The average Bonchev–Trinajstić information content (AvgIpc) is 3.39. The summed E-state index contributed by atoms with van der Waals surface area (Å²) in [6.07, 6.45) is 0. The van der Waals surface area contributed by atoms with Crippen molar-refractivity contribution < 1.29 is 4.74 Å². The van der Waals surface area contributed by atoms with E-state index in [0.717, 1.165) is 89.5 Å². The fourth-order valence-electron chi connectivity index (χ4n) is 5.07. The zero-order valence-corrected chi connectivity index (χ0v) is 24.8. The number of allylic oxidation sites excluding steroid dienone is 1. The molecule has 2 aromatic carbocycles. The first kappa shape index (κ1) is 25.4. The van der Waals surface area contributed by atoms with Crippen molar-refractivity contribution in [2.75, 3.05) is 83.3 Å². The van der Waals surface area contributed by atoms with Crippen LogP contribution < -0.4 is 10.2 Å². The van der Waals surface area contributed by atoms with Crippen LogP contribution in [0.15, 0.2) is 54.4 Å². The third-order valence-electron chi connectivity index (χ3n) is 6.98. The number of ether oxygens (including phenoxy) is 1. The summed E-state index contributed by atoms with van der Waals surface area (Å²) in [5.74, 6) is 0. The van der Waals surface area contributed by atoms with Crippen molar-refractivity contribution in [2.24, 2.45) is 4.99 Å². The summed E-state index contributed by atoms with van der Waals surface area (Å²) < 4.78 is 8.37. The van der Waals surface area contributed by atoms with Gasteiger partial charge in [-0.05, 0) is 59.9 Å². The summed E-state index contributed by atoms with van der Waals surface area (Å²) in [6.45, 7) is 8.80. The zero-order chi connectivity index (χ0) is 24.5. The number of hydrogen-bond acceptors (Lipinski definition) is 6. The van der Waals surface area contributed by atoms with Gasteiger partial charge in [0.25, 0.3) is 0 Å². The molecule has 0 spiro atoms. The molecule has 0 aromatic heterocycles. The van der Waals surface area contributed by atoms with Crippen molar-refractivity contribution in [3.63, 3.8) is 0 Å². The molecule has 3 aliphatic rings. The van der Waals surface area contributed by atoms with E-state index in [1.807, 2.05) is 0 Å². The van der Waals surface area contributed by atoms with Crippen LogP contribution in [0.1, 0.15) is 11.1 Å². The second kappa shape index (κ2) is 11.0. The van der Waals surface area contributed by atoms with Crippen molar-refractivity contribution in [1.82, 2.24) is 9.80 Å². The van der Waals surface area contributed by atoms with Gasteiger partial charge in [0.15, 0.2) is 0 Å². The van der Waals surface area contributed by atoms with Crippen LogP contribution in [0.25, 0.3) is 5.57 Å². The minimum absolute atomic E-state index is 0.788. The lowest BCUT2D eigenvalue weighted by atomic mass is 10.0. The maximum absolute atomic E-state index is 5.23. The first-order valence-electron chi connectivity index (χ1n) is 11.9. The summed E-state index contributed by atoms with van der Waals surface area (Å²) in [5, 5.41) is 3.70. The lowest BCUT2D eigenvalue weighted by molar-refractivity contribution is 0.0985. The molecule has 0 amide bonds. The SMILES string of the molecule is COCCN1CCN(CCN=C2/C(=C3/CN(C)c4c3cc(Br)c(Br)c4Br)Nc3ccccc32)CC1. The van der Waals surface area contributed by atoms with Crippen LogP contribution in [0.5, 0.6) is 0 Å². The van der Waals surface area contributed by atoms with E-state index in [1.54, 1.807) is 7.11 Å². The average molecular weight is 668 g/mol. The number of aliphatic imine (C=N–C) groups is 1. The molecule has 5 rings (SSSR count). The van der Waals surface area contributed by atoms with Gasteiger partial charge in [0.1, 0.15) is 0 Å². The van der Waals surface area contributed by atoms with Crippen molar-refractivity contribution in [3.05, 3.63) is 60.6 Å². The molecule has 0 bridgehead atoms. The molecule has 1 fully saturated rings. The Bertz CT molecular complexity index is 1170. The molecule has 9 heteroatoms. The quantitative estimate of drug-likeness (QED) is 0.423. The highest BCUT2D eigenvalue weighted by molar-refractivity contribution is 9.14. The molecule has 0 atom stereocenters. The van der Waals surface area contributed by atoms with Crippen LogP contribution >= 0.6 is 47.8 Å². The van der Waals surface area contributed by atoms with Gasteiger partial charge >= 0.3 is 0 Å². The number of benzene rings is 2. The number of hydrogen-bond donors (Lipinski definition) is 1. The Labute approximate surface area is 232 Å². The highest BCUT2D eigenvalue weighted by atomic mass is 79.9. The summed E-state index contributed by atoms with van der Waals surface area (Å²) in [5.41, 5.74) is 8.22. The maximum Gasteiger partial charge on any atom is 0.0906 e. The molecule has 3 aliphatic heterocycles. The van der Waals surface area contributed by atoms with Gasteiger partial charge in [-0.1, -0.05) is 18.2 Å². The normalized spacial score (nSPS) is 21.5. The molecule has 186 valence electrons. The van der Waals surface area contributed by atoms with Crippen molar-refractivity contribution in [1.29, 1.82) is 0 Å². The first-order valence-corrected chi connectivity index (χ1v) is 14.3. The molecule has 35 heavy (non-hydrogen) atoms. The van der Waals surface area contributed by atoms with E-state index < -0.39 is 0 Å². The number of nitrogens with zero attached hydrogens (tertiary/aromatic N) is 4. The standard InChI is InChI=1S/C26H30Br3N5O/c1-32-16-19(18-15-20(27)22(28)23(29)26(18)32)25-24(17-5-3-4-6-21(17)31-25)30-7-8-33-9-11-34(12-10-33)13-14-35-2/h3-6,15,31H,7-14,16H2,1-2H3/b25-19+,30-24?. The van der Waals surface area contributed by atoms with Crippen LogP contribution in [0.4, 0.5) is 11.4 Å². The van der Waals surface area contributed by atoms with Crippen LogP contribution in [0.3, 0.4) is 0 Å². The number of fused-ring (bicyclic) bond motifs is 2. The van der Waals surface area contributed by atoms with E-state index in [4.69, 9.17) is 9.73 Å². The zero-order valence-electron chi connectivity index (χ0n) is 20.1. The van der Waals surface area contributed by atoms with Gasteiger partial charge in [0.05, 0.1) is 34.7 Å². The molecule has 2 aromatic rings. The number of para-hydroxylation sites is 1. The van der Waals surface area contributed by atoms with Crippen molar-refractivity contribution in [3.8, 4) is 0 Å². The van der Waals surface area contributed by atoms with Gasteiger partial charge in [-0.15, -0.1) is 0 Å². The largest absolute Gasteiger partial charge is 0.383 e. The van der Waals surface area contributed by atoms with Gasteiger partial charge in [-0.25, -0.2) is 0 Å². The Morgan fingerprint density at radius 3 is 2.43 bits per heavy atom. The third kappa shape index (κ3) is 5.13. The number of likely N-dealkylation sites (N-methyl/N-ethyl adjacent to an activating group) is 1. The molecule has 0 aliphatic carbocycles. The second-order valence-electron chi connectivity index (χ2n) is 9.17. The first-order chi connectivity index (χ1) is 17.0. The van der Waals surface area contributed by atoms with Gasteiger partial charge in [-0.2, -0.15) is 0 Å². The number of piperazine rings is 1. The van der Waals surface area contributed by atoms with E-state index in [0.29, 0.717) is 0 Å². The summed E-state index contributed by atoms with van der Waals surface area (Å²) in [4.78, 5) is 12.5. The summed E-state index contributed by atoms with van der Waals surface area (Å²) in [7, 11) is 3.91. The molecular weight excluding hydrogens is 638 g/mol. The molecule has 3 heterocycles. The van der Waals surface area contributed by atoms with Crippen LogP contribution in [0.2, 0.25) is 0 Å². The van der Waals surface area contributed by atoms with Gasteiger partial charge in [0.2, 0.25) is 0 Å². The Kier molecular flexibility index (Phi) is 8.01. The highest BCUT2D eigenvalue weighted by Crippen LogP contribution is 2.48. The molecule has 1 saturated heterocycles. The summed E-state index contributed by atoms with van der Waals surface area (Å²) in [6, 6.07) is 10.7. The predicted molar refractivity (Wildman–Crippen MR) is 156 cm³/mol. The van der Waals surface area contributed by atoms with Crippen molar-refractivity contribution >= 4 is 70.4 Å². The minimum atomic E-state index is 0.788. The second-order valence-corrected chi connectivity index (χ2v) is 11.6. The van der Waals surface area contributed by atoms with E-state index in [9.17, 15) is 0 Å². The molecular formula is C26H30Br3N5O. The topological polar surface area (TPSA) is 43.3 Å². The third-order valence-corrected chi connectivity index (χ3v) is 10.3. The smallest absolute Gasteiger partial charge is 0.0906 e. The minimum Gasteiger partial charge on any atom is -0.383 e. The lowest BCUT2D eigenvalue weighted by Gasteiger charge is -2.34. The van der Waals surface area contributed by atoms with E-state index in [-0.39, 0.29) is 0 Å². The predicted octanol–water partition coefficient (Wildman–Crippen LogP) is 5.31. The van der Waals surface area contributed by atoms with Crippen LogP contribution in [0, 0.1) is 0 Å². The Morgan fingerprint density at radius 2 is 1.69 bits per heavy atom. The number of rotatable bonds is 6. The number of nitrogens with one attached hydrogen (secondary N) is 1. The van der Waals surface area contributed by atoms with Crippen LogP contribution in [-0.2, 0) is 4.74 Å². The van der Waals surface area contributed by atoms with Crippen molar-refractivity contribution in [2.45, 2.75) is 0 Å². The molecule has 0 saturated carbocycles. The van der Waals surface area contributed by atoms with E-state index >= 15 is 0 Å². The molecule has 1 N–H and O–H groups in total. The molecule has 0 radical (unpaired) electrons. The van der Waals surface area contributed by atoms with E-state index in [2.05, 4.69) is 105 Å². The van der Waals surface area contributed by atoms with E-state index in [1.165, 1.54) is 22.4 Å². The lowest BCUT2D eigenvalue weighted by Crippen LogP contribution is -2.47. The monoisotopic (exact) mass is 665 g/mol. The molecule has 6 nitrogen and oxygen atoms in total. The van der Waals surface area contributed by atoms with Crippen LogP contribution in [-0.4, -0.2) is 88.6 Å². The van der Waals surface area contributed by atoms with Gasteiger partial charge in [0, 0.05) is 91.3 Å². The Hall–Kier alpha value is -1.23. The molecule has 0 unspecified atom stereocenters. The fraction of sp³-hybridized carbons (Fsp3) is 0.423. The summed E-state index contributed by atoms with van der Waals surface area (Å²) >= 11 is 11.2.